The minimum absolute atomic E-state index is 0.155. The summed E-state index contributed by atoms with van der Waals surface area (Å²) in [5.41, 5.74) is 9.83. The zero-order valence-electron chi connectivity index (χ0n) is 39.1. The number of hydrazine groups is 1. The molecule has 3 aliphatic heterocycles. The van der Waals surface area contributed by atoms with E-state index in [9.17, 15) is 24.0 Å². The number of likely N-dealkylation sites (tertiary alicyclic amines) is 1. The minimum Gasteiger partial charge on any atom is -0.464 e. The quantitative estimate of drug-likeness (QED) is 0.186. The van der Waals surface area contributed by atoms with Gasteiger partial charge in [0.2, 0.25) is 11.8 Å². The second-order valence-electron chi connectivity index (χ2n) is 19.2. The van der Waals surface area contributed by atoms with Gasteiger partial charge in [-0.15, -0.1) is 0 Å². The van der Waals surface area contributed by atoms with Crippen LogP contribution in [-0.4, -0.2) is 131 Å². The Kier molecular flexibility index (Phi) is 14.4. The standard InChI is InChI=1S/C51H64N8O6/c1-9-58-43-20-19-36-28-39(43)40(46(58)37-16-11-22-52-30-37)29-51(4,5)32-65-50(64)41-17-12-24-59(54-41)49(63)42(27-34-14-10-15-35(36)26-34)53-47(61)45(33(2)3)56(8)48(62)38-21-25-57(31-38)44(60)18-13-23-55(6)7/h10-11,14-16,19-20,22,26,28,30,33,38,41-42,45,54H,9,12,17,21,23-25,27,29,31-32H2,1-8H3,(H,53,61)/t38-,41-,42-,45-/m0/s1. The van der Waals surface area contributed by atoms with Crippen LogP contribution in [0.15, 0.2) is 67.0 Å². The van der Waals surface area contributed by atoms with Gasteiger partial charge in [-0.05, 0) is 105 Å². The topological polar surface area (TPSA) is 149 Å². The number of nitrogens with zero attached hydrogens (tertiary/aromatic N) is 6. The lowest BCUT2D eigenvalue weighted by Gasteiger charge is -2.37. The van der Waals surface area contributed by atoms with Crippen molar-refractivity contribution in [2.24, 2.45) is 17.3 Å². The molecule has 2 saturated heterocycles. The monoisotopic (exact) mass is 884 g/mol. The fourth-order valence-corrected chi connectivity index (χ4v) is 9.56. The predicted octanol–water partition coefficient (Wildman–Crippen LogP) is 4.94. The molecule has 65 heavy (non-hydrogen) atoms. The largest absolute Gasteiger partial charge is 0.464 e. The zero-order valence-corrected chi connectivity index (χ0v) is 39.1. The molecular weight excluding hydrogens is 821 g/mol. The molecule has 4 atom stereocenters. The maximum atomic E-state index is 14.7. The van der Waals surface area contributed by atoms with Crippen LogP contribution in [0.5, 0.6) is 0 Å². The summed E-state index contributed by atoms with van der Waals surface area (Å²) in [6.45, 7) is 12.4. The highest BCUT2D eigenvalue weighted by Crippen LogP contribution is 2.40. The molecule has 14 heteroatoms. The second-order valence-corrected chi connectivity index (χ2v) is 19.2. The molecule has 4 amide bonds. The number of fused-ring (bicyclic) bond motifs is 6. The summed E-state index contributed by atoms with van der Waals surface area (Å²) in [6, 6.07) is 15.9. The molecule has 344 valence electrons. The molecule has 2 aromatic carbocycles. The van der Waals surface area contributed by atoms with E-state index in [4.69, 9.17) is 4.74 Å². The number of hydrogen-bond acceptors (Lipinski definition) is 9. The number of rotatable bonds is 8. The molecule has 2 aromatic heterocycles. The van der Waals surface area contributed by atoms with E-state index in [0.29, 0.717) is 45.3 Å². The van der Waals surface area contributed by atoms with Crippen molar-refractivity contribution in [2.75, 3.05) is 53.9 Å². The smallest absolute Gasteiger partial charge is 0.324 e. The molecule has 0 unspecified atom stereocenters. The van der Waals surface area contributed by atoms with Crippen LogP contribution in [0.3, 0.4) is 0 Å². The molecule has 2 fully saturated rings. The first kappa shape index (κ1) is 46.9. The van der Waals surface area contributed by atoms with E-state index in [2.05, 4.69) is 89.3 Å². The van der Waals surface area contributed by atoms with Crippen LogP contribution in [-0.2, 0) is 48.1 Å². The molecule has 0 aliphatic carbocycles. The Morgan fingerprint density at radius 3 is 2.49 bits per heavy atom. The third-order valence-electron chi connectivity index (χ3n) is 12.8. The number of likely N-dealkylation sites (N-methyl/N-ethyl adjacent to an activating group) is 1. The highest BCUT2D eigenvalue weighted by Gasteiger charge is 2.40. The molecule has 0 spiro atoms. The van der Waals surface area contributed by atoms with Crippen molar-refractivity contribution < 1.29 is 28.7 Å². The summed E-state index contributed by atoms with van der Waals surface area (Å²) in [5, 5.41) is 5.61. The molecule has 4 aromatic rings. The average Bonchev–Trinajstić information content (AvgIpc) is 3.90. The van der Waals surface area contributed by atoms with E-state index in [1.165, 1.54) is 9.91 Å². The van der Waals surface area contributed by atoms with E-state index in [1.54, 1.807) is 18.1 Å². The van der Waals surface area contributed by atoms with E-state index >= 15 is 0 Å². The van der Waals surface area contributed by atoms with E-state index in [-0.39, 0.29) is 37.3 Å². The normalized spacial score (nSPS) is 20.5. The lowest BCUT2D eigenvalue weighted by Crippen LogP contribution is -2.62. The molecule has 5 heterocycles. The van der Waals surface area contributed by atoms with Crippen LogP contribution in [0.25, 0.3) is 33.3 Å². The third kappa shape index (κ3) is 10.6. The van der Waals surface area contributed by atoms with E-state index in [1.807, 2.05) is 57.2 Å². The molecular formula is C51H64N8O6. The van der Waals surface area contributed by atoms with Crippen molar-refractivity contribution in [3.63, 3.8) is 0 Å². The van der Waals surface area contributed by atoms with Crippen molar-refractivity contribution in [1.82, 2.24) is 40.0 Å². The SMILES string of the molecule is CCn1c(-c2cccnc2)c2c3cc(ccc31)-c1cccc(c1)C[C@H](NC(=O)[C@H](C(C)C)N(C)C(=O)[C@H]1CCN(C(=O)C#CCN(C)C)C1)C(=O)N1CCC[C@H](N1)C(=O)OCC(C)(C)C2. The van der Waals surface area contributed by atoms with E-state index < -0.39 is 47.2 Å². The van der Waals surface area contributed by atoms with Crippen molar-refractivity contribution in [1.29, 1.82) is 0 Å². The van der Waals surface area contributed by atoms with Crippen LogP contribution in [0.2, 0.25) is 0 Å². The van der Waals surface area contributed by atoms with Crippen molar-refractivity contribution >= 4 is 40.5 Å². The number of cyclic esters (lactones) is 1. The van der Waals surface area contributed by atoms with Gasteiger partial charge < -0.3 is 24.4 Å². The number of ether oxygens (including phenoxy) is 1. The van der Waals surface area contributed by atoms with Crippen LogP contribution in [0.1, 0.15) is 65.0 Å². The van der Waals surface area contributed by atoms with E-state index in [0.717, 1.165) is 51.0 Å². The number of aryl methyl sites for hydroxylation is 1. The fraction of sp³-hybridized carbons (Fsp3) is 0.490. The van der Waals surface area contributed by atoms with Crippen LogP contribution >= 0.6 is 0 Å². The Morgan fingerprint density at radius 2 is 1.77 bits per heavy atom. The zero-order chi connectivity index (χ0) is 46.6. The number of aromatic nitrogens is 2. The summed E-state index contributed by atoms with van der Waals surface area (Å²) >= 11 is 0. The highest BCUT2D eigenvalue weighted by atomic mass is 16.5. The molecule has 6 bridgehead atoms. The lowest BCUT2D eigenvalue weighted by atomic mass is 9.84. The maximum absolute atomic E-state index is 14.7. The third-order valence-corrected chi connectivity index (χ3v) is 12.8. The first-order valence-corrected chi connectivity index (χ1v) is 22.9. The molecule has 3 aliphatic rings. The maximum Gasteiger partial charge on any atom is 0.324 e. The summed E-state index contributed by atoms with van der Waals surface area (Å²) in [4.78, 5) is 79.3. The van der Waals surface area contributed by atoms with Gasteiger partial charge in [0.25, 0.3) is 11.8 Å². The molecule has 7 rings (SSSR count). The Balaban J connectivity index is 1.22. The number of carbonyl (C=O) groups excluding carboxylic acids is 5. The van der Waals surface area contributed by atoms with Crippen LogP contribution < -0.4 is 10.7 Å². The number of pyridine rings is 1. The summed E-state index contributed by atoms with van der Waals surface area (Å²) in [7, 11) is 5.36. The van der Waals surface area contributed by atoms with Gasteiger partial charge in [0.15, 0.2) is 0 Å². The van der Waals surface area contributed by atoms with Gasteiger partial charge in [0, 0.05) is 73.9 Å². The van der Waals surface area contributed by atoms with Gasteiger partial charge in [-0.25, -0.2) is 5.43 Å². The van der Waals surface area contributed by atoms with Gasteiger partial charge in [-0.1, -0.05) is 63.9 Å². The average molecular weight is 885 g/mol. The summed E-state index contributed by atoms with van der Waals surface area (Å²) in [5.74, 6) is 2.87. The number of benzene rings is 2. The molecule has 0 radical (unpaired) electrons. The Morgan fingerprint density at radius 1 is 1.00 bits per heavy atom. The van der Waals surface area contributed by atoms with Crippen molar-refractivity contribution in [3.8, 4) is 34.2 Å². The minimum atomic E-state index is -1.04. The number of nitrogens with one attached hydrogen (secondary N) is 2. The van der Waals surface area contributed by atoms with Crippen LogP contribution in [0.4, 0.5) is 0 Å². The number of amides is 4. The first-order valence-electron chi connectivity index (χ1n) is 22.9. The van der Waals surface area contributed by atoms with Gasteiger partial charge >= 0.3 is 5.97 Å². The molecule has 2 N–H and O–H groups in total. The Bertz CT molecular complexity index is 2490. The number of esters is 1. The van der Waals surface area contributed by atoms with Crippen LogP contribution in [0, 0.1) is 29.1 Å². The predicted molar refractivity (Wildman–Crippen MR) is 251 cm³/mol. The Labute approximate surface area is 383 Å². The number of carbonyl (C=O) groups is 5. The molecule has 0 saturated carbocycles. The lowest BCUT2D eigenvalue weighted by molar-refractivity contribution is -0.155. The summed E-state index contributed by atoms with van der Waals surface area (Å²) in [6.07, 6.45) is 5.95. The van der Waals surface area contributed by atoms with Crippen molar-refractivity contribution in [3.05, 3.63) is 78.1 Å². The fourth-order valence-electron chi connectivity index (χ4n) is 9.56. The van der Waals surface area contributed by atoms with Gasteiger partial charge in [-0.3, -0.25) is 38.9 Å². The Hall–Kier alpha value is -6.04. The number of hydrogen-bond donors (Lipinski definition) is 2. The van der Waals surface area contributed by atoms with Crippen molar-refractivity contribution in [2.45, 2.75) is 91.4 Å². The first-order chi connectivity index (χ1) is 31.0. The van der Waals surface area contributed by atoms with Gasteiger partial charge in [-0.2, -0.15) is 0 Å². The summed E-state index contributed by atoms with van der Waals surface area (Å²) < 4.78 is 8.40. The van der Waals surface area contributed by atoms with Gasteiger partial charge in [0.1, 0.15) is 18.1 Å². The van der Waals surface area contributed by atoms with Gasteiger partial charge in [0.05, 0.1) is 24.8 Å². The second kappa shape index (κ2) is 20.0. The highest BCUT2D eigenvalue weighted by molar-refractivity contribution is 5.97. The molecule has 14 nitrogen and oxygen atoms in total.